The summed E-state index contributed by atoms with van der Waals surface area (Å²) < 4.78 is 47.3. The molecule has 43 heavy (non-hydrogen) atoms. The summed E-state index contributed by atoms with van der Waals surface area (Å²) in [5.74, 6) is 0.467. The highest BCUT2D eigenvalue weighted by Gasteiger charge is 2.36. The largest absolute Gasteiger partial charge is 0.416 e. The van der Waals surface area contributed by atoms with Crippen molar-refractivity contribution in [3.63, 3.8) is 0 Å². The summed E-state index contributed by atoms with van der Waals surface area (Å²) in [6, 6.07) is 19.2. The van der Waals surface area contributed by atoms with Crippen LogP contribution in [-0.2, 0) is 10.9 Å². The SMILES string of the molecule is C=C(NC1=NC(c2ccccc2C(F)(F)F)Nc2c1cccc2N1CCOCC1)c1ccccc1C.CCC.CCCC. The zero-order valence-corrected chi connectivity index (χ0v) is 26.0. The quantitative estimate of drug-likeness (QED) is 0.309. The minimum atomic E-state index is -4.50. The van der Waals surface area contributed by atoms with Crippen molar-refractivity contribution in [2.45, 2.75) is 66.2 Å². The lowest BCUT2D eigenvalue weighted by Crippen LogP contribution is -2.38. The first-order valence-corrected chi connectivity index (χ1v) is 15.1. The van der Waals surface area contributed by atoms with Crippen molar-refractivity contribution >= 4 is 22.9 Å². The molecular formula is C35H45F3N4O. The van der Waals surface area contributed by atoms with E-state index in [9.17, 15) is 13.2 Å². The van der Waals surface area contributed by atoms with E-state index in [2.05, 4.69) is 49.8 Å². The average Bonchev–Trinajstić information content (AvgIpc) is 3.01. The zero-order chi connectivity index (χ0) is 31.4. The molecule has 1 atom stereocenters. The van der Waals surface area contributed by atoms with Crippen molar-refractivity contribution < 1.29 is 17.9 Å². The number of hydrogen-bond donors (Lipinski definition) is 2. The standard InChI is InChI=1S/C28H27F3N4O.C4H10.C3H8/c1-18-8-3-4-9-20(18)19(2)32-27-22-11-7-13-24(35-14-16-36-17-15-35)25(22)33-26(34-27)21-10-5-6-12-23(21)28(29,30)31;1-3-4-2;1-3-2/h3-13,26,33H,2,14-17H2,1H3,(H,32,34);3-4H2,1-2H3;3H2,1-2H3. The predicted molar refractivity (Wildman–Crippen MR) is 174 cm³/mol. The lowest BCUT2D eigenvalue weighted by molar-refractivity contribution is -0.138. The van der Waals surface area contributed by atoms with E-state index in [0.29, 0.717) is 37.8 Å². The summed E-state index contributed by atoms with van der Waals surface area (Å²) in [4.78, 5) is 6.92. The second-order valence-electron chi connectivity index (χ2n) is 10.5. The molecule has 2 aliphatic heterocycles. The molecule has 0 amide bonds. The summed E-state index contributed by atoms with van der Waals surface area (Å²) >= 11 is 0. The fraction of sp³-hybridized carbons (Fsp3) is 0.400. The van der Waals surface area contributed by atoms with Crippen molar-refractivity contribution in [2.75, 3.05) is 36.5 Å². The number of fused-ring (bicyclic) bond motifs is 1. The number of alkyl halides is 3. The molecule has 0 spiro atoms. The van der Waals surface area contributed by atoms with Crippen molar-refractivity contribution in [3.05, 3.63) is 101 Å². The van der Waals surface area contributed by atoms with Crippen LogP contribution in [0.5, 0.6) is 0 Å². The van der Waals surface area contributed by atoms with E-state index in [1.54, 1.807) is 6.07 Å². The number of benzene rings is 3. The maximum atomic E-state index is 13.9. The number of halogens is 3. The molecule has 0 aromatic heterocycles. The van der Waals surface area contributed by atoms with Crippen LogP contribution in [-0.4, -0.2) is 32.1 Å². The Morgan fingerprint density at radius 3 is 2.21 bits per heavy atom. The number of hydrogen-bond acceptors (Lipinski definition) is 5. The summed E-state index contributed by atoms with van der Waals surface area (Å²) in [5.41, 5.74) is 4.33. The normalized spacial score (nSPS) is 15.9. The van der Waals surface area contributed by atoms with Gasteiger partial charge in [0.05, 0.1) is 30.2 Å². The van der Waals surface area contributed by atoms with Crippen LogP contribution >= 0.6 is 0 Å². The Morgan fingerprint density at radius 1 is 0.953 bits per heavy atom. The molecule has 1 unspecified atom stereocenters. The molecule has 8 heteroatoms. The van der Waals surface area contributed by atoms with Crippen molar-refractivity contribution in [2.24, 2.45) is 4.99 Å². The molecule has 5 nitrogen and oxygen atoms in total. The third-order valence-electron chi connectivity index (χ3n) is 6.99. The monoisotopic (exact) mass is 594 g/mol. The molecule has 232 valence electrons. The highest BCUT2D eigenvalue weighted by Crippen LogP contribution is 2.41. The number of unbranched alkanes of at least 4 members (excludes halogenated alkanes) is 1. The highest BCUT2D eigenvalue weighted by atomic mass is 19.4. The number of morpholine rings is 1. The minimum absolute atomic E-state index is 0.0632. The number of aliphatic imine (C=N–C) groups is 1. The van der Waals surface area contributed by atoms with Gasteiger partial charge in [-0.05, 0) is 30.7 Å². The van der Waals surface area contributed by atoms with Gasteiger partial charge in [-0.15, -0.1) is 0 Å². The molecule has 3 aromatic carbocycles. The summed E-state index contributed by atoms with van der Waals surface area (Å²) in [5, 5.41) is 6.62. The number of ether oxygens (including phenoxy) is 1. The van der Waals surface area contributed by atoms with Gasteiger partial charge in [0.1, 0.15) is 12.0 Å². The highest BCUT2D eigenvalue weighted by molar-refractivity contribution is 6.10. The fourth-order valence-electron chi connectivity index (χ4n) is 4.69. The third-order valence-corrected chi connectivity index (χ3v) is 6.99. The Hall–Kier alpha value is -3.78. The summed E-state index contributed by atoms with van der Waals surface area (Å²) in [6.07, 6.45) is -1.56. The van der Waals surface area contributed by atoms with Crippen molar-refractivity contribution in [3.8, 4) is 0 Å². The van der Waals surface area contributed by atoms with Crippen LogP contribution in [0.25, 0.3) is 5.70 Å². The Labute approximate surface area is 254 Å². The molecule has 0 bridgehead atoms. The average molecular weight is 595 g/mol. The van der Waals surface area contributed by atoms with Crippen molar-refractivity contribution in [1.29, 1.82) is 0 Å². The predicted octanol–water partition coefficient (Wildman–Crippen LogP) is 9.20. The first-order chi connectivity index (χ1) is 20.7. The van der Waals surface area contributed by atoms with E-state index in [0.717, 1.165) is 34.1 Å². The van der Waals surface area contributed by atoms with Gasteiger partial charge >= 0.3 is 6.18 Å². The smallest absolute Gasteiger partial charge is 0.378 e. The molecule has 0 saturated carbocycles. The molecule has 1 saturated heterocycles. The molecule has 0 radical (unpaired) electrons. The van der Waals surface area contributed by atoms with Crippen LogP contribution in [0.1, 0.15) is 80.9 Å². The Morgan fingerprint density at radius 2 is 1.58 bits per heavy atom. The Bertz CT molecular complexity index is 1360. The molecular weight excluding hydrogens is 549 g/mol. The van der Waals surface area contributed by atoms with Gasteiger partial charge in [-0.3, -0.25) is 0 Å². The van der Waals surface area contributed by atoms with Gasteiger partial charge in [0.25, 0.3) is 0 Å². The molecule has 3 aromatic rings. The topological polar surface area (TPSA) is 48.9 Å². The number of nitrogens with zero attached hydrogens (tertiary/aromatic N) is 2. The van der Waals surface area contributed by atoms with E-state index in [4.69, 9.17) is 9.73 Å². The van der Waals surface area contributed by atoms with Crippen LogP contribution in [0.2, 0.25) is 0 Å². The first-order valence-electron chi connectivity index (χ1n) is 15.1. The van der Waals surface area contributed by atoms with Crippen LogP contribution in [0, 0.1) is 6.92 Å². The van der Waals surface area contributed by atoms with Gasteiger partial charge in [-0.1, -0.05) is 102 Å². The van der Waals surface area contributed by atoms with Gasteiger partial charge in [-0.25, -0.2) is 4.99 Å². The van der Waals surface area contributed by atoms with Gasteiger partial charge < -0.3 is 20.3 Å². The zero-order valence-electron chi connectivity index (χ0n) is 26.0. The lowest BCUT2D eigenvalue weighted by atomic mass is 10.00. The van der Waals surface area contributed by atoms with Crippen LogP contribution in [0.15, 0.2) is 78.3 Å². The fourth-order valence-corrected chi connectivity index (χ4v) is 4.69. The summed E-state index contributed by atoms with van der Waals surface area (Å²) in [7, 11) is 0. The number of nitrogens with one attached hydrogen (secondary N) is 2. The Balaban J connectivity index is 0.000000657. The lowest BCUT2D eigenvalue weighted by Gasteiger charge is -2.35. The van der Waals surface area contributed by atoms with E-state index >= 15 is 0 Å². The number of anilines is 2. The molecule has 0 aliphatic carbocycles. The van der Waals surface area contributed by atoms with Crippen LogP contribution in [0.4, 0.5) is 24.5 Å². The maximum absolute atomic E-state index is 13.9. The van der Waals surface area contributed by atoms with Gasteiger partial charge in [-0.2, -0.15) is 13.2 Å². The van der Waals surface area contributed by atoms with E-state index in [1.165, 1.54) is 31.4 Å². The summed E-state index contributed by atoms with van der Waals surface area (Å²) in [6.45, 7) is 17.4. The van der Waals surface area contributed by atoms with E-state index in [-0.39, 0.29) is 5.56 Å². The minimum Gasteiger partial charge on any atom is -0.378 e. The van der Waals surface area contributed by atoms with E-state index < -0.39 is 17.9 Å². The van der Waals surface area contributed by atoms with Crippen LogP contribution in [0.3, 0.4) is 0 Å². The van der Waals surface area contributed by atoms with Gasteiger partial charge in [0.15, 0.2) is 0 Å². The molecule has 2 N–H and O–H groups in total. The van der Waals surface area contributed by atoms with Gasteiger partial charge in [0, 0.05) is 35.5 Å². The number of para-hydroxylation sites is 1. The first kappa shape index (κ1) is 33.7. The van der Waals surface area contributed by atoms with E-state index in [1.807, 2.05) is 49.4 Å². The second-order valence-corrected chi connectivity index (χ2v) is 10.5. The molecule has 2 heterocycles. The number of amidine groups is 1. The number of aryl methyl sites for hydroxylation is 1. The number of rotatable bonds is 5. The van der Waals surface area contributed by atoms with Crippen LogP contribution < -0.4 is 15.5 Å². The second kappa shape index (κ2) is 16.2. The maximum Gasteiger partial charge on any atom is 0.416 e. The third kappa shape index (κ3) is 8.86. The van der Waals surface area contributed by atoms with Gasteiger partial charge in [0.2, 0.25) is 0 Å². The Kier molecular flexibility index (Phi) is 12.7. The van der Waals surface area contributed by atoms with Crippen molar-refractivity contribution in [1.82, 2.24) is 5.32 Å². The molecule has 5 rings (SSSR count). The molecule has 1 fully saturated rings. The molecule has 2 aliphatic rings.